The molecule has 1 aromatic heterocycles. The van der Waals surface area contributed by atoms with E-state index in [0.717, 1.165) is 11.3 Å². The van der Waals surface area contributed by atoms with Crippen molar-refractivity contribution in [1.29, 1.82) is 0 Å². The van der Waals surface area contributed by atoms with E-state index < -0.39 is 0 Å². The van der Waals surface area contributed by atoms with Crippen LogP contribution in [0.4, 0.5) is 0 Å². The van der Waals surface area contributed by atoms with Gasteiger partial charge in [-0.2, -0.15) is 0 Å². The Morgan fingerprint density at radius 1 is 1.45 bits per heavy atom. The molecule has 0 amide bonds. The fraction of sp³-hybridized carbons (Fsp3) is 0.125. The molecule has 11 heavy (non-hydrogen) atoms. The van der Waals surface area contributed by atoms with Crippen LogP contribution in [0.2, 0.25) is 0 Å². The Morgan fingerprint density at radius 3 is 3.00 bits per heavy atom. The fourth-order valence-corrected chi connectivity index (χ4v) is 1.16. The van der Waals surface area contributed by atoms with Gasteiger partial charge in [-0.15, -0.1) is 12.4 Å². The zero-order valence-corrected chi connectivity index (χ0v) is 6.65. The summed E-state index contributed by atoms with van der Waals surface area (Å²) < 4.78 is 0. The van der Waals surface area contributed by atoms with E-state index in [1.165, 1.54) is 0 Å². The van der Waals surface area contributed by atoms with Gasteiger partial charge < -0.3 is 4.98 Å². The molecule has 2 rings (SSSR count). The highest BCUT2D eigenvalue weighted by atomic mass is 35.5. The standard InChI is InChI=1S/C8H7NO.ClH/c10-8-3-1-2-7-6(8)4-5-9-7;/h1-2,4-5,9H,3H2;1H. The van der Waals surface area contributed by atoms with Crippen LogP contribution in [0.1, 0.15) is 22.5 Å². The van der Waals surface area contributed by atoms with Gasteiger partial charge in [-0.25, -0.2) is 0 Å². The number of fused-ring (bicyclic) bond motifs is 1. The number of ketones is 1. The van der Waals surface area contributed by atoms with Crippen LogP contribution in [0.25, 0.3) is 6.08 Å². The Bertz CT molecular complexity index is 301. The molecule has 0 saturated heterocycles. The van der Waals surface area contributed by atoms with Gasteiger partial charge in [0.2, 0.25) is 0 Å². The first-order valence-electron chi connectivity index (χ1n) is 3.25. The van der Waals surface area contributed by atoms with Gasteiger partial charge in [0.1, 0.15) is 0 Å². The first-order valence-corrected chi connectivity index (χ1v) is 3.25. The van der Waals surface area contributed by atoms with E-state index in [1.807, 2.05) is 18.2 Å². The van der Waals surface area contributed by atoms with Gasteiger partial charge in [-0.05, 0) is 12.1 Å². The van der Waals surface area contributed by atoms with Crippen LogP contribution >= 0.6 is 12.4 Å². The third-order valence-corrected chi connectivity index (χ3v) is 1.67. The van der Waals surface area contributed by atoms with Crippen LogP contribution in [0.5, 0.6) is 0 Å². The molecule has 1 aliphatic carbocycles. The van der Waals surface area contributed by atoms with Crippen molar-refractivity contribution in [1.82, 2.24) is 4.98 Å². The second-order valence-corrected chi connectivity index (χ2v) is 2.33. The lowest BCUT2D eigenvalue weighted by molar-refractivity contribution is 0.0994. The molecular formula is C8H8ClNO. The minimum absolute atomic E-state index is 0. The zero-order valence-electron chi connectivity index (χ0n) is 5.83. The number of Topliss-reactive ketones (excluding diaryl/α,β-unsaturated/α-hetero) is 1. The number of aromatic amines is 1. The van der Waals surface area contributed by atoms with Crippen molar-refractivity contribution in [3.8, 4) is 0 Å². The number of nitrogens with one attached hydrogen (secondary N) is 1. The largest absolute Gasteiger partial charge is 0.361 e. The molecule has 1 heterocycles. The molecule has 0 spiro atoms. The smallest absolute Gasteiger partial charge is 0.168 e. The highest BCUT2D eigenvalue weighted by molar-refractivity contribution is 6.02. The molecule has 2 nitrogen and oxygen atoms in total. The Balaban J connectivity index is 0.000000605. The molecule has 1 aliphatic rings. The Hall–Kier alpha value is -1.02. The summed E-state index contributed by atoms with van der Waals surface area (Å²) in [5.74, 6) is 0.207. The summed E-state index contributed by atoms with van der Waals surface area (Å²) in [6.45, 7) is 0. The van der Waals surface area contributed by atoms with Crippen molar-refractivity contribution < 1.29 is 4.79 Å². The molecule has 0 fully saturated rings. The van der Waals surface area contributed by atoms with Gasteiger partial charge in [-0.3, -0.25) is 4.79 Å². The molecule has 1 aromatic rings. The monoisotopic (exact) mass is 169 g/mol. The Morgan fingerprint density at radius 2 is 2.27 bits per heavy atom. The summed E-state index contributed by atoms with van der Waals surface area (Å²) in [6.07, 6.45) is 6.15. The highest BCUT2D eigenvalue weighted by Crippen LogP contribution is 2.16. The number of hydrogen-bond acceptors (Lipinski definition) is 1. The molecular weight excluding hydrogens is 162 g/mol. The normalized spacial score (nSPS) is 14.0. The van der Waals surface area contributed by atoms with E-state index in [9.17, 15) is 4.79 Å². The number of carbonyl (C=O) groups excluding carboxylic acids is 1. The van der Waals surface area contributed by atoms with Crippen molar-refractivity contribution in [2.45, 2.75) is 6.42 Å². The van der Waals surface area contributed by atoms with Crippen LogP contribution in [-0.2, 0) is 0 Å². The van der Waals surface area contributed by atoms with Crippen molar-refractivity contribution >= 4 is 24.3 Å². The minimum atomic E-state index is 0. The fourth-order valence-electron chi connectivity index (χ4n) is 1.16. The number of rotatable bonds is 0. The maximum absolute atomic E-state index is 11.1. The van der Waals surface area contributed by atoms with Crippen molar-refractivity contribution in [2.75, 3.05) is 0 Å². The van der Waals surface area contributed by atoms with Crippen LogP contribution in [0.3, 0.4) is 0 Å². The Kier molecular flexibility index (Phi) is 2.15. The molecule has 0 aromatic carbocycles. The molecule has 0 aliphatic heterocycles. The molecule has 58 valence electrons. The number of aromatic nitrogens is 1. The van der Waals surface area contributed by atoms with E-state index in [1.54, 1.807) is 6.20 Å². The van der Waals surface area contributed by atoms with Crippen LogP contribution in [0, 0.1) is 0 Å². The molecule has 0 radical (unpaired) electrons. The van der Waals surface area contributed by atoms with Gasteiger partial charge in [-0.1, -0.05) is 6.08 Å². The Labute approximate surface area is 70.7 Å². The summed E-state index contributed by atoms with van der Waals surface area (Å²) in [4.78, 5) is 14.1. The van der Waals surface area contributed by atoms with Crippen LogP contribution < -0.4 is 0 Å². The second-order valence-electron chi connectivity index (χ2n) is 2.33. The maximum atomic E-state index is 11.1. The van der Waals surface area contributed by atoms with Gasteiger partial charge in [0.25, 0.3) is 0 Å². The number of H-pyrrole nitrogens is 1. The number of hydrogen-bond donors (Lipinski definition) is 1. The lowest BCUT2D eigenvalue weighted by atomic mass is 10.0. The third-order valence-electron chi connectivity index (χ3n) is 1.67. The first kappa shape index (κ1) is 8.08. The maximum Gasteiger partial charge on any atom is 0.168 e. The predicted octanol–water partition coefficient (Wildman–Crippen LogP) is 2.04. The number of carbonyl (C=O) groups is 1. The minimum Gasteiger partial charge on any atom is -0.361 e. The van der Waals surface area contributed by atoms with Gasteiger partial charge in [0.15, 0.2) is 5.78 Å². The number of allylic oxidation sites excluding steroid dienone is 1. The van der Waals surface area contributed by atoms with Crippen LogP contribution in [-0.4, -0.2) is 10.8 Å². The van der Waals surface area contributed by atoms with Gasteiger partial charge in [0, 0.05) is 23.9 Å². The lowest BCUT2D eigenvalue weighted by Crippen LogP contribution is -2.01. The summed E-state index contributed by atoms with van der Waals surface area (Å²) in [6, 6.07) is 1.82. The van der Waals surface area contributed by atoms with Crippen LogP contribution in [0.15, 0.2) is 18.3 Å². The molecule has 0 bridgehead atoms. The molecule has 0 atom stereocenters. The van der Waals surface area contributed by atoms with Crippen molar-refractivity contribution in [3.05, 3.63) is 29.6 Å². The van der Waals surface area contributed by atoms with Crippen molar-refractivity contribution in [2.24, 2.45) is 0 Å². The molecule has 1 N–H and O–H groups in total. The SMILES string of the molecule is Cl.O=C1CC=Cc2[nH]ccc21. The topological polar surface area (TPSA) is 32.9 Å². The average molecular weight is 170 g/mol. The summed E-state index contributed by atoms with van der Waals surface area (Å²) in [5.41, 5.74) is 1.76. The lowest BCUT2D eigenvalue weighted by Gasteiger charge is -2.01. The average Bonchev–Trinajstić information content (AvgIpc) is 2.36. The highest BCUT2D eigenvalue weighted by Gasteiger charge is 2.12. The van der Waals surface area contributed by atoms with Gasteiger partial charge >= 0.3 is 0 Å². The van der Waals surface area contributed by atoms with E-state index >= 15 is 0 Å². The summed E-state index contributed by atoms with van der Waals surface area (Å²) in [5, 5.41) is 0. The quantitative estimate of drug-likeness (QED) is 0.634. The zero-order chi connectivity index (χ0) is 6.97. The van der Waals surface area contributed by atoms with E-state index in [-0.39, 0.29) is 18.2 Å². The molecule has 0 saturated carbocycles. The first-order chi connectivity index (χ1) is 4.88. The van der Waals surface area contributed by atoms with E-state index in [4.69, 9.17) is 0 Å². The van der Waals surface area contributed by atoms with E-state index in [2.05, 4.69) is 4.98 Å². The number of halogens is 1. The van der Waals surface area contributed by atoms with Crippen molar-refractivity contribution in [3.63, 3.8) is 0 Å². The van der Waals surface area contributed by atoms with Gasteiger partial charge in [0.05, 0.1) is 0 Å². The second kappa shape index (κ2) is 2.93. The predicted molar refractivity (Wildman–Crippen MR) is 46.0 cm³/mol. The third kappa shape index (κ3) is 1.21. The summed E-state index contributed by atoms with van der Waals surface area (Å²) in [7, 11) is 0. The summed E-state index contributed by atoms with van der Waals surface area (Å²) >= 11 is 0. The molecule has 3 heteroatoms. The van der Waals surface area contributed by atoms with E-state index in [0.29, 0.717) is 6.42 Å². The molecule has 0 unspecified atom stereocenters.